The first kappa shape index (κ1) is 20.7. The van der Waals surface area contributed by atoms with Crippen LogP contribution in [0.1, 0.15) is 31.2 Å². The number of nitrogens with zero attached hydrogens (tertiary/aromatic N) is 2. The molecule has 29 heavy (non-hydrogen) atoms. The number of amides is 1. The van der Waals surface area contributed by atoms with Crippen LogP contribution in [-0.4, -0.2) is 47.0 Å². The first-order valence-corrected chi connectivity index (χ1v) is 11.6. The number of oxazole rings is 1. The van der Waals surface area contributed by atoms with Gasteiger partial charge in [-0.15, -0.1) is 11.8 Å². The molecule has 1 aromatic heterocycles. The predicted molar refractivity (Wildman–Crippen MR) is 117 cm³/mol. The quantitative estimate of drug-likeness (QED) is 0.723. The second kappa shape index (κ2) is 9.08. The van der Waals surface area contributed by atoms with Gasteiger partial charge in [0.25, 0.3) is 0 Å². The Labute approximate surface area is 180 Å². The summed E-state index contributed by atoms with van der Waals surface area (Å²) < 4.78 is 5.84. The molecule has 0 bridgehead atoms. The number of rotatable bonds is 6. The Hall–Kier alpha value is -1.54. The molecule has 2 aromatic rings. The van der Waals surface area contributed by atoms with Crippen molar-refractivity contribution in [3.63, 3.8) is 0 Å². The normalized spacial score (nSPS) is 24.9. The van der Waals surface area contributed by atoms with Gasteiger partial charge < -0.3 is 14.6 Å². The zero-order chi connectivity index (χ0) is 20.4. The number of carbonyl (C=O) groups is 1. The van der Waals surface area contributed by atoms with Crippen LogP contribution in [0.2, 0.25) is 5.02 Å². The Morgan fingerprint density at radius 2 is 2.28 bits per heavy atom. The van der Waals surface area contributed by atoms with E-state index in [1.807, 2.05) is 31.2 Å². The maximum Gasteiger partial charge on any atom is 0.227 e. The summed E-state index contributed by atoms with van der Waals surface area (Å²) in [6, 6.07) is 7.74. The number of aromatic nitrogens is 1. The summed E-state index contributed by atoms with van der Waals surface area (Å²) in [6.45, 7) is 7.07. The summed E-state index contributed by atoms with van der Waals surface area (Å²) in [7, 11) is 0. The van der Waals surface area contributed by atoms with Gasteiger partial charge in [0.2, 0.25) is 11.8 Å². The van der Waals surface area contributed by atoms with E-state index in [2.05, 4.69) is 27.4 Å². The average molecular weight is 435 g/mol. The minimum atomic E-state index is -0.104. The second-order valence-electron chi connectivity index (χ2n) is 7.70. The van der Waals surface area contributed by atoms with E-state index >= 15 is 0 Å². The molecule has 1 aromatic carbocycles. The molecule has 0 aliphatic carbocycles. The van der Waals surface area contributed by atoms with Gasteiger partial charge in [-0.05, 0) is 51.1 Å². The lowest BCUT2D eigenvalue weighted by atomic mass is 9.90. The Bertz CT molecular complexity index is 874. The highest BCUT2D eigenvalue weighted by atomic mass is 35.5. The van der Waals surface area contributed by atoms with Crippen molar-refractivity contribution in [2.24, 2.45) is 5.92 Å². The van der Waals surface area contributed by atoms with Gasteiger partial charge in [0.1, 0.15) is 11.3 Å². The number of benzene rings is 1. The molecule has 8 heteroatoms. The fraction of sp³-hybridized carbons (Fsp3) is 0.524. The smallest absolute Gasteiger partial charge is 0.227 e. The Morgan fingerprint density at radius 1 is 1.41 bits per heavy atom. The van der Waals surface area contributed by atoms with Gasteiger partial charge in [0, 0.05) is 28.9 Å². The van der Waals surface area contributed by atoms with Crippen molar-refractivity contribution in [1.29, 1.82) is 0 Å². The van der Waals surface area contributed by atoms with E-state index in [0.717, 1.165) is 49.5 Å². The number of hydrogen-bond donors (Lipinski definition) is 2. The van der Waals surface area contributed by atoms with Gasteiger partial charge in [-0.25, -0.2) is 4.98 Å². The minimum absolute atomic E-state index is 0.0374. The molecule has 2 aliphatic heterocycles. The largest absolute Gasteiger partial charge is 0.441 e. The van der Waals surface area contributed by atoms with Gasteiger partial charge in [-0.3, -0.25) is 10.1 Å². The number of fused-ring (bicyclic) bond motifs is 1. The standard InChI is InChI=1S/C21H27ClN4O2S/c1-3-8-26-9-7-17-16(11-26)19(27)25-21(24-17)29-12-18-13(2)28-20(23-18)14-5-4-6-15(22)10-14/h4-6,10,16-17,21,24H,3,7-9,11-12H2,1-2H3,(H,25,27). The van der Waals surface area contributed by atoms with Crippen LogP contribution in [0, 0.1) is 12.8 Å². The lowest BCUT2D eigenvalue weighted by Gasteiger charge is -2.43. The minimum Gasteiger partial charge on any atom is -0.441 e. The monoisotopic (exact) mass is 434 g/mol. The molecule has 0 spiro atoms. The van der Waals surface area contributed by atoms with Crippen LogP contribution < -0.4 is 10.6 Å². The summed E-state index contributed by atoms with van der Waals surface area (Å²) >= 11 is 7.72. The van der Waals surface area contributed by atoms with E-state index in [1.165, 1.54) is 0 Å². The van der Waals surface area contributed by atoms with Crippen molar-refractivity contribution >= 4 is 29.3 Å². The van der Waals surface area contributed by atoms with E-state index < -0.39 is 0 Å². The van der Waals surface area contributed by atoms with Crippen LogP contribution in [0.4, 0.5) is 0 Å². The summed E-state index contributed by atoms with van der Waals surface area (Å²) in [5.41, 5.74) is 1.65. The highest BCUT2D eigenvalue weighted by molar-refractivity contribution is 7.99. The molecule has 156 valence electrons. The summed E-state index contributed by atoms with van der Waals surface area (Å²) in [5.74, 6) is 2.22. The summed E-state index contributed by atoms with van der Waals surface area (Å²) in [6.07, 6.45) is 2.14. The average Bonchev–Trinajstić information content (AvgIpc) is 3.08. The molecule has 0 radical (unpaired) electrons. The number of likely N-dealkylation sites (tertiary alicyclic amines) is 1. The van der Waals surface area contributed by atoms with Gasteiger partial charge >= 0.3 is 0 Å². The highest BCUT2D eigenvalue weighted by Gasteiger charge is 2.39. The number of aryl methyl sites for hydroxylation is 1. The molecule has 3 atom stereocenters. The molecule has 3 heterocycles. The summed E-state index contributed by atoms with van der Waals surface area (Å²) in [5, 5.41) is 7.39. The summed E-state index contributed by atoms with van der Waals surface area (Å²) in [4.78, 5) is 19.7. The van der Waals surface area contributed by atoms with Crippen LogP contribution in [0.25, 0.3) is 11.5 Å². The molecule has 1 amide bonds. The zero-order valence-electron chi connectivity index (χ0n) is 16.8. The fourth-order valence-electron chi connectivity index (χ4n) is 4.04. The molecule has 2 fully saturated rings. The Kier molecular flexibility index (Phi) is 6.49. The van der Waals surface area contributed by atoms with Gasteiger partial charge in [0.15, 0.2) is 0 Å². The van der Waals surface area contributed by atoms with Gasteiger partial charge in [-0.1, -0.05) is 24.6 Å². The SMILES string of the molecule is CCCN1CCC2NC(SCc3nc(-c4cccc(Cl)c4)oc3C)NC(=O)C2C1. The fourth-order valence-corrected chi connectivity index (χ4v) is 5.29. The molecule has 6 nitrogen and oxygen atoms in total. The van der Waals surface area contributed by atoms with Gasteiger partial charge in [0.05, 0.1) is 11.6 Å². The van der Waals surface area contributed by atoms with Crippen LogP contribution in [0.5, 0.6) is 0 Å². The third-order valence-electron chi connectivity index (χ3n) is 5.56. The first-order chi connectivity index (χ1) is 14.0. The van der Waals surface area contributed by atoms with Crippen molar-refractivity contribution in [3.05, 3.63) is 40.7 Å². The number of carbonyl (C=O) groups excluding carboxylic acids is 1. The highest BCUT2D eigenvalue weighted by Crippen LogP contribution is 2.29. The number of piperidine rings is 1. The maximum absolute atomic E-state index is 12.7. The lowest BCUT2D eigenvalue weighted by molar-refractivity contribution is -0.130. The number of hydrogen-bond acceptors (Lipinski definition) is 6. The molecule has 3 unspecified atom stereocenters. The van der Waals surface area contributed by atoms with Crippen LogP contribution in [0.15, 0.2) is 28.7 Å². The molecule has 2 aliphatic rings. The number of thioether (sulfide) groups is 1. The van der Waals surface area contributed by atoms with Gasteiger partial charge in [-0.2, -0.15) is 0 Å². The molecular weight excluding hydrogens is 408 g/mol. The van der Waals surface area contributed by atoms with E-state index in [9.17, 15) is 4.79 Å². The van der Waals surface area contributed by atoms with Crippen molar-refractivity contribution in [2.45, 2.75) is 44.0 Å². The lowest BCUT2D eigenvalue weighted by Crippen LogP contribution is -2.64. The molecule has 2 N–H and O–H groups in total. The van der Waals surface area contributed by atoms with Crippen molar-refractivity contribution in [1.82, 2.24) is 20.5 Å². The van der Waals surface area contributed by atoms with Crippen LogP contribution >= 0.6 is 23.4 Å². The van der Waals surface area contributed by atoms with Crippen molar-refractivity contribution < 1.29 is 9.21 Å². The zero-order valence-corrected chi connectivity index (χ0v) is 18.4. The van der Waals surface area contributed by atoms with Crippen LogP contribution in [-0.2, 0) is 10.5 Å². The Balaban J connectivity index is 1.36. The number of nitrogens with one attached hydrogen (secondary N) is 2. The van der Waals surface area contributed by atoms with E-state index in [-0.39, 0.29) is 23.4 Å². The Morgan fingerprint density at radius 3 is 3.07 bits per heavy atom. The molecule has 0 saturated carbocycles. The van der Waals surface area contributed by atoms with E-state index in [0.29, 0.717) is 16.7 Å². The first-order valence-electron chi connectivity index (χ1n) is 10.2. The molecule has 2 saturated heterocycles. The third kappa shape index (κ3) is 4.79. The molecule has 4 rings (SSSR count). The van der Waals surface area contributed by atoms with Crippen LogP contribution in [0.3, 0.4) is 0 Å². The second-order valence-corrected chi connectivity index (χ2v) is 9.23. The topological polar surface area (TPSA) is 70.4 Å². The van der Waals surface area contributed by atoms with Crippen molar-refractivity contribution in [2.75, 3.05) is 19.6 Å². The van der Waals surface area contributed by atoms with Crippen molar-refractivity contribution in [3.8, 4) is 11.5 Å². The third-order valence-corrected chi connectivity index (χ3v) is 6.83. The number of halogens is 1. The van der Waals surface area contributed by atoms with E-state index in [1.54, 1.807) is 11.8 Å². The maximum atomic E-state index is 12.7. The predicted octanol–water partition coefficient (Wildman–Crippen LogP) is 3.64. The van der Waals surface area contributed by atoms with E-state index in [4.69, 9.17) is 16.0 Å². The molecular formula is C21H27ClN4O2S.